The van der Waals surface area contributed by atoms with E-state index in [1.807, 2.05) is 49.4 Å². The molecule has 0 unspecified atom stereocenters. The molecule has 5 heteroatoms. The standard InChI is InChI=1S/C27H31NO4/c1-2-31-21-10-7-20(8-11-21)25(30)18-28-15-13-27(14-16-28)17-24(29)23-12-9-19-5-3-4-6-22(19)26(23)32-27/h3-12,24-25,29-30H,2,13-18H2,1H3/t24-,25+/m1/s1. The van der Waals surface area contributed by atoms with Crippen molar-refractivity contribution < 1.29 is 19.7 Å². The summed E-state index contributed by atoms with van der Waals surface area (Å²) in [7, 11) is 0. The zero-order chi connectivity index (χ0) is 22.1. The molecule has 0 bridgehead atoms. The lowest BCUT2D eigenvalue weighted by Crippen LogP contribution is -2.51. The summed E-state index contributed by atoms with van der Waals surface area (Å²) >= 11 is 0. The first-order chi connectivity index (χ1) is 15.6. The van der Waals surface area contributed by atoms with Gasteiger partial charge in [-0.1, -0.05) is 48.5 Å². The fourth-order valence-electron chi connectivity index (χ4n) is 5.11. The number of nitrogens with zero attached hydrogens (tertiary/aromatic N) is 1. The Morgan fingerprint density at radius 3 is 2.56 bits per heavy atom. The van der Waals surface area contributed by atoms with Crippen molar-refractivity contribution in [3.63, 3.8) is 0 Å². The Balaban J connectivity index is 1.26. The predicted octanol–water partition coefficient (Wildman–Crippen LogP) is 4.62. The van der Waals surface area contributed by atoms with Crippen LogP contribution in [0, 0.1) is 0 Å². The van der Waals surface area contributed by atoms with Crippen LogP contribution >= 0.6 is 0 Å². The second kappa shape index (κ2) is 8.74. The van der Waals surface area contributed by atoms with E-state index in [2.05, 4.69) is 23.1 Å². The topological polar surface area (TPSA) is 62.2 Å². The van der Waals surface area contributed by atoms with Crippen molar-refractivity contribution in [2.24, 2.45) is 0 Å². The van der Waals surface area contributed by atoms with Crippen molar-refractivity contribution in [1.29, 1.82) is 0 Å². The van der Waals surface area contributed by atoms with Crippen LogP contribution in [0.5, 0.6) is 11.5 Å². The van der Waals surface area contributed by atoms with Crippen molar-refractivity contribution in [1.82, 2.24) is 4.90 Å². The largest absolute Gasteiger partial charge is 0.494 e. The average Bonchev–Trinajstić information content (AvgIpc) is 2.81. The van der Waals surface area contributed by atoms with E-state index in [0.717, 1.165) is 59.3 Å². The third kappa shape index (κ3) is 4.08. The van der Waals surface area contributed by atoms with Crippen LogP contribution in [0.4, 0.5) is 0 Å². The highest BCUT2D eigenvalue weighted by Crippen LogP contribution is 2.47. The van der Waals surface area contributed by atoms with E-state index in [1.165, 1.54) is 0 Å². The second-order valence-corrected chi connectivity index (χ2v) is 9.03. The number of hydrogen-bond acceptors (Lipinski definition) is 5. The Bertz CT molecular complexity index is 1070. The molecular formula is C27H31NO4. The first kappa shape index (κ1) is 21.3. The minimum atomic E-state index is -0.540. The zero-order valence-electron chi connectivity index (χ0n) is 18.5. The number of benzene rings is 3. The summed E-state index contributed by atoms with van der Waals surface area (Å²) in [6.07, 6.45) is 1.24. The molecule has 2 N–H and O–H groups in total. The first-order valence-electron chi connectivity index (χ1n) is 11.6. The van der Waals surface area contributed by atoms with Crippen molar-refractivity contribution in [3.05, 3.63) is 71.8 Å². The van der Waals surface area contributed by atoms with Gasteiger partial charge in [0.15, 0.2) is 0 Å². The molecule has 1 spiro atoms. The number of hydrogen-bond donors (Lipinski definition) is 2. The number of fused-ring (bicyclic) bond motifs is 3. The molecular weight excluding hydrogens is 402 g/mol. The number of β-amino-alcohol motifs (C(OH)–C–C–N with tert-alkyl or cyclic N) is 1. The Morgan fingerprint density at radius 1 is 1.06 bits per heavy atom. The number of aliphatic hydroxyl groups is 2. The van der Waals surface area contributed by atoms with Gasteiger partial charge in [-0.3, -0.25) is 0 Å². The van der Waals surface area contributed by atoms with Gasteiger partial charge in [0.25, 0.3) is 0 Å². The maximum Gasteiger partial charge on any atom is 0.133 e. The predicted molar refractivity (Wildman–Crippen MR) is 125 cm³/mol. The maximum atomic E-state index is 10.9. The Morgan fingerprint density at radius 2 is 1.81 bits per heavy atom. The molecule has 2 aliphatic rings. The van der Waals surface area contributed by atoms with Crippen molar-refractivity contribution in [3.8, 4) is 11.5 Å². The molecule has 0 radical (unpaired) electrons. The molecule has 0 aliphatic carbocycles. The summed E-state index contributed by atoms with van der Waals surface area (Å²) in [5.41, 5.74) is 1.44. The van der Waals surface area contributed by atoms with E-state index in [1.54, 1.807) is 0 Å². The Labute approximate surface area is 189 Å². The Hall–Kier alpha value is -2.60. The molecule has 0 saturated carbocycles. The lowest BCUT2D eigenvalue weighted by Gasteiger charge is -2.46. The number of rotatable bonds is 5. The molecule has 2 atom stereocenters. The van der Waals surface area contributed by atoms with E-state index in [0.29, 0.717) is 19.6 Å². The third-order valence-corrected chi connectivity index (χ3v) is 6.93. The fraction of sp³-hybridized carbons (Fsp3) is 0.407. The summed E-state index contributed by atoms with van der Waals surface area (Å²) in [5, 5.41) is 23.8. The van der Waals surface area contributed by atoms with Crippen molar-refractivity contribution in [2.75, 3.05) is 26.2 Å². The molecule has 2 aliphatic heterocycles. The monoisotopic (exact) mass is 433 g/mol. The van der Waals surface area contributed by atoms with Crippen molar-refractivity contribution >= 4 is 10.8 Å². The maximum absolute atomic E-state index is 10.9. The number of likely N-dealkylation sites (tertiary alicyclic amines) is 1. The lowest BCUT2D eigenvalue weighted by atomic mass is 9.81. The molecule has 3 aromatic carbocycles. The minimum absolute atomic E-state index is 0.350. The van der Waals surface area contributed by atoms with Crippen LogP contribution < -0.4 is 9.47 Å². The van der Waals surface area contributed by atoms with Gasteiger partial charge in [-0.25, -0.2) is 0 Å². The van der Waals surface area contributed by atoms with Gasteiger partial charge in [0.1, 0.15) is 17.1 Å². The molecule has 32 heavy (non-hydrogen) atoms. The summed E-state index contributed by atoms with van der Waals surface area (Å²) in [6.45, 7) is 4.85. The highest BCUT2D eigenvalue weighted by atomic mass is 16.5. The summed E-state index contributed by atoms with van der Waals surface area (Å²) in [5.74, 6) is 1.66. The molecule has 3 aromatic rings. The van der Waals surface area contributed by atoms with Crippen LogP contribution in [0.1, 0.15) is 49.5 Å². The van der Waals surface area contributed by atoms with Gasteiger partial charge in [-0.15, -0.1) is 0 Å². The number of piperidine rings is 1. The van der Waals surface area contributed by atoms with E-state index < -0.39 is 12.2 Å². The third-order valence-electron chi connectivity index (χ3n) is 6.93. The number of aliphatic hydroxyl groups excluding tert-OH is 2. The molecule has 1 saturated heterocycles. The summed E-state index contributed by atoms with van der Waals surface area (Å²) in [6, 6.07) is 19.9. The average molecular weight is 434 g/mol. The molecule has 168 valence electrons. The van der Waals surface area contributed by atoms with E-state index >= 15 is 0 Å². The van der Waals surface area contributed by atoms with Crippen LogP contribution in [-0.4, -0.2) is 47.0 Å². The first-order valence-corrected chi connectivity index (χ1v) is 11.6. The molecule has 1 fully saturated rings. The van der Waals surface area contributed by atoms with Gasteiger partial charge >= 0.3 is 0 Å². The van der Waals surface area contributed by atoms with Gasteiger partial charge in [0, 0.05) is 37.0 Å². The second-order valence-electron chi connectivity index (χ2n) is 9.03. The van der Waals surface area contributed by atoms with Gasteiger partial charge in [0.05, 0.1) is 18.8 Å². The fourth-order valence-corrected chi connectivity index (χ4v) is 5.11. The van der Waals surface area contributed by atoms with Gasteiger partial charge in [-0.2, -0.15) is 0 Å². The van der Waals surface area contributed by atoms with Crippen molar-refractivity contribution in [2.45, 2.75) is 44.0 Å². The molecule has 5 rings (SSSR count). The van der Waals surface area contributed by atoms with Crippen LogP contribution in [0.2, 0.25) is 0 Å². The van der Waals surface area contributed by atoms with Crippen LogP contribution in [0.15, 0.2) is 60.7 Å². The lowest BCUT2D eigenvalue weighted by molar-refractivity contribution is -0.0577. The zero-order valence-corrected chi connectivity index (χ0v) is 18.5. The van der Waals surface area contributed by atoms with Gasteiger partial charge < -0.3 is 24.6 Å². The van der Waals surface area contributed by atoms with Crippen LogP contribution in [-0.2, 0) is 0 Å². The van der Waals surface area contributed by atoms with Gasteiger partial charge in [0.2, 0.25) is 0 Å². The van der Waals surface area contributed by atoms with Gasteiger partial charge in [-0.05, 0) is 42.8 Å². The van der Waals surface area contributed by atoms with E-state index in [9.17, 15) is 10.2 Å². The molecule has 2 heterocycles. The highest BCUT2D eigenvalue weighted by Gasteiger charge is 2.43. The molecule has 0 aromatic heterocycles. The van der Waals surface area contributed by atoms with E-state index in [-0.39, 0.29) is 5.60 Å². The number of ether oxygens (including phenoxy) is 2. The Kier molecular flexibility index (Phi) is 5.80. The van der Waals surface area contributed by atoms with Crippen LogP contribution in [0.25, 0.3) is 10.8 Å². The quantitative estimate of drug-likeness (QED) is 0.615. The summed E-state index contributed by atoms with van der Waals surface area (Å²) in [4.78, 5) is 2.29. The molecule has 5 nitrogen and oxygen atoms in total. The SMILES string of the molecule is CCOc1ccc([C@@H](O)CN2CCC3(CC2)C[C@@H](O)c2ccc4ccccc4c2O3)cc1. The highest BCUT2D eigenvalue weighted by molar-refractivity contribution is 5.90. The van der Waals surface area contributed by atoms with E-state index in [4.69, 9.17) is 9.47 Å². The molecule has 0 amide bonds. The summed E-state index contributed by atoms with van der Waals surface area (Å²) < 4.78 is 12.1. The smallest absolute Gasteiger partial charge is 0.133 e. The normalized spacial score (nSPS) is 21.2. The minimum Gasteiger partial charge on any atom is -0.494 e. The van der Waals surface area contributed by atoms with Crippen LogP contribution in [0.3, 0.4) is 0 Å².